The lowest BCUT2D eigenvalue weighted by molar-refractivity contribution is 0.0915. The number of hydrogen-bond donors (Lipinski definition) is 0. The van der Waals surface area contributed by atoms with E-state index in [1.165, 1.54) is 0 Å². The predicted octanol–water partition coefficient (Wildman–Crippen LogP) is 3.86. The van der Waals surface area contributed by atoms with Crippen molar-refractivity contribution in [3.63, 3.8) is 0 Å². The van der Waals surface area contributed by atoms with Crippen LogP contribution in [0.15, 0.2) is 48.7 Å². The Kier molecular flexibility index (Phi) is 4.28. The highest BCUT2D eigenvalue weighted by Gasteiger charge is 2.32. The largest absolute Gasteiger partial charge is 0.445 e. The fraction of sp³-hybridized carbons (Fsp3) is 0.278. The van der Waals surface area contributed by atoms with Crippen LogP contribution in [0.1, 0.15) is 30.1 Å². The molecule has 1 amide bonds. The van der Waals surface area contributed by atoms with Crippen LogP contribution in [-0.4, -0.2) is 32.1 Å². The standard InChI is InChI=1S/C18H17ClN4O2/c19-16-11-14(21-17-8-9-20-23(16)17)15-7-4-10-22(15)18(24)25-12-13-5-2-1-3-6-13/h1-3,5-6,8-9,11,15H,4,7,10,12H2. The minimum atomic E-state index is -0.322. The number of nitrogens with zero attached hydrogens (tertiary/aromatic N) is 4. The van der Waals surface area contributed by atoms with Gasteiger partial charge in [-0.3, -0.25) is 4.90 Å². The van der Waals surface area contributed by atoms with Crippen LogP contribution in [0.3, 0.4) is 0 Å². The molecule has 6 nitrogen and oxygen atoms in total. The van der Waals surface area contributed by atoms with Crippen LogP contribution in [0.5, 0.6) is 0 Å². The Balaban J connectivity index is 1.52. The molecular formula is C18H17ClN4O2. The first kappa shape index (κ1) is 15.9. The number of carbonyl (C=O) groups excluding carboxylic acids is 1. The van der Waals surface area contributed by atoms with Gasteiger partial charge in [0.2, 0.25) is 0 Å². The van der Waals surface area contributed by atoms with Crippen molar-refractivity contribution in [1.82, 2.24) is 19.5 Å². The predicted molar refractivity (Wildman–Crippen MR) is 93.3 cm³/mol. The molecule has 1 aromatic carbocycles. The van der Waals surface area contributed by atoms with Crippen LogP contribution in [-0.2, 0) is 11.3 Å². The molecule has 1 aliphatic rings. The summed E-state index contributed by atoms with van der Waals surface area (Å²) in [5.74, 6) is 0. The molecule has 3 heterocycles. The summed E-state index contributed by atoms with van der Waals surface area (Å²) in [6.07, 6.45) is 3.08. The number of carbonyl (C=O) groups is 1. The first-order chi connectivity index (χ1) is 12.2. The van der Waals surface area contributed by atoms with Crippen molar-refractivity contribution in [3.8, 4) is 0 Å². The van der Waals surface area contributed by atoms with E-state index in [-0.39, 0.29) is 18.7 Å². The van der Waals surface area contributed by atoms with Gasteiger partial charge in [0.15, 0.2) is 5.65 Å². The quantitative estimate of drug-likeness (QED) is 0.669. The molecule has 0 aliphatic carbocycles. The molecule has 7 heteroatoms. The van der Waals surface area contributed by atoms with Crippen molar-refractivity contribution in [2.75, 3.05) is 6.54 Å². The Bertz CT molecular complexity index is 896. The molecule has 2 aromatic heterocycles. The highest BCUT2D eigenvalue weighted by atomic mass is 35.5. The Morgan fingerprint density at radius 1 is 1.28 bits per heavy atom. The lowest BCUT2D eigenvalue weighted by atomic mass is 10.1. The molecule has 1 saturated heterocycles. The van der Waals surface area contributed by atoms with Crippen LogP contribution in [0.2, 0.25) is 5.15 Å². The summed E-state index contributed by atoms with van der Waals surface area (Å²) in [7, 11) is 0. The van der Waals surface area contributed by atoms with E-state index in [2.05, 4.69) is 10.1 Å². The van der Waals surface area contributed by atoms with Crippen molar-refractivity contribution in [1.29, 1.82) is 0 Å². The van der Waals surface area contributed by atoms with Crippen LogP contribution in [0, 0.1) is 0 Å². The second kappa shape index (κ2) is 6.72. The number of benzene rings is 1. The molecule has 0 N–H and O–H groups in total. The summed E-state index contributed by atoms with van der Waals surface area (Å²) in [5, 5.41) is 4.60. The molecule has 3 aromatic rings. The molecule has 0 saturated carbocycles. The summed E-state index contributed by atoms with van der Waals surface area (Å²) in [4.78, 5) is 18.9. The van der Waals surface area contributed by atoms with Gasteiger partial charge < -0.3 is 4.74 Å². The van der Waals surface area contributed by atoms with E-state index in [1.807, 2.05) is 30.3 Å². The third-order valence-electron chi connectivity index (χ3n) is 4.37. The molecule has 1 atom stereocenters. The Morgan fingerprint density at radius 2 is 2.12 bits per heavy atom. The number of likely N-dealkylation sites (tertiary alicyclic amines) is 1. The van der Waals surface area contributed by atoms with E-state index in [4.69, 9.17) is 16.3 Å². The number of aromatic nitrogens is 3. The molecule has 0 spiro atoms. The lowest BCUT2D eigenvalue weighted by Gasteiger charge is -2.24. The minimum Gasteiger partial charge on any atom is -0.445 e. The molecular weight excluding hydrogens is 340 g/mol. The topological polar surface area (TPSA) is 59.7 Å². The zero-order chi connectivity index (χ0) is 17.2. The van der Waals surface area contributed by atoms with Crippen molar-refractivity contribution in [2.24, 2.45) is 0 Å². The molecule has 1 fully saturated rings. The summed E-state index contributed by atoms with van der Waals surface area (Å²) in [5.41, 5.74) is 2.41. The van der Waals surface area contributed by atoms with E-state index in [0.717, 1.165) is 24.1 Å². The smallest absolute Gasteiger partial charge is 0.410 e. The van der Waals surface area contributed by atoms with Crippen LogP contribution >= 0.6 is 11.6 Å². The Labute approximate surface area is 150 Å². The zero-order valence-electron chi connectivity index (χ0n) is 13.5. The SMILES string of the molecule is O=C(OCc1ccccc1)N1CCCC1c1cc(Cl)n2nccc2n1. The fourth-order valence-electron chi connectivity index (χ4n) is 3.16. The maximum absolute atomic E-state index is 12.5. The number of halogens is 1. The van der Waals surface area contributed by atoms with Gasteiger partial charge in [0.05, 0.1) is 17.9 Å². The van der Waals surface area contributed by atoms with Crippen molar-refractivity contribution in [3.05, 3.63) is 65.1 Å². The number of rotatable bonds is 3. The molecule has 0 bridgehead atoms. The summed E-state index contributed by atoms with van der Waals surface area (Å²) in [6, 6.07) is 13.1. The Morgan fingerprint density at radius 3 is 2.96 bits per heavy atom. The second-order valence-corrected chi connectivity index (χ2v) is 6.38. The van der Waals surface area contributed by atoms with Gasteiger partial charge in [-0.2, -0.15) is 5.10 Å². The third kappa shape index (κ3) is 3.17. The number of amides is 1. The van der Waals surface area contributed by atoms with Crippen molar-refractivity contribution >= 4 is 23.3 Å². The highest BCUT2D eigenvalue weighted by Crippen LogP contribution is 2.32. The highest BCUT2D eigenvalue weighted by molar-refractivity contribution is 6.29. The van der Waals surface area contributed by atoms with Gasteiger partial charge in [-0.25, -0.2) is 14.3 Å². The summed E-state index contributed by atoms with van der Waals surface area (Å²) in [6.45, 7) is 0.917. The maximum Gasteiger partial charge on any atom is 0.410 e. The number of fused-ring (bicyclic) bond motifs is 1. The van der Waals surface area contributed by atoms with Gasteiger partial charge in [-0.15, -0.1) is 0 Å². The average molecular weight is 357 g/mol. The van der Waals surface area contributed by atoms with E-state index < -0.39 is 0 Å². The van der Waals surface area contributed by atoms with E-state index >= 15 is 0 Å². The van der Waals surface area contributed by atoms with Crippen LogP contribution in [0.25, 0.3) is 5.65 Å². The van der Waals surface area contributed by atoms with Crippen LogP contribution < -0.4 is 0 Å². The minimum absolute atomic E-state index is 0.124. The van der Waals surface area contributed by atoms with Gasteiger partial charge in [0, 0.05) is 12.6 Å². The molecule has 128 valence electrons. The number of ether oxygens (including phenoxy) is 1. The summed E-state index contributed by atoms with van der Waals surface area (Å²) >= 11 is 6.28. The molecule has 4 rings (SSSR count). The third-order valence-corrected chi connectivity index (χ3v) is 4.64. The van der Waals surface area contributed by atoms with Gasteiger partial charge in [-0.1, -0.05) is 41.9 Å². The molecule has 1 aliphatic heterocycles. The van der Waals surface area contributed by atoms with Crippen molar-refractivity contribution < 1.29 is 9.53 Å². The van der Waals surface area contributed by atoms with E-state index in [0.29, 0.717) is 17.3 Å². The van der Waals surface area contributed by atoms with Crippen LogP contribution in [0.4, 0.5) is 4.79 Å². The first-order valence-electron chi connectivity index (χ1n) is 8.20. The molecule has 0 radical (unpaired) electrons. The lowest BCUT2D eigenvalue weighted by Crippen LogP contribution is -2.31. The summed E-state index contributed by atoms with van der Waals surface area (Å²) < 4.78 is 7.04. The maximum atomic E-state index is 12.5. The average Bonchev–Trinajstić information content (AvgIpc) is 3.29. The van der Waals surface area contributed by atoms with E-state index in [1.54, 1.807) is 27.7 Å². The van der Waals surface area contributed by atoms with Gasteiger partial charge >= 0.3 is 6.09 Å². The molecule has 1 unspecified atom stereocenters. The normalized spacial score (nSPS) is 17.2. The van der Waals surface area contributed by atoms with Crippen molar-refractivity contribution in [2.45, 2.75) is 25.5 Å². The zero-order valence-corrected chi connectivity index (χ0v) is 14.3. The first-order valence-corrected chi connectivity index (χ1v) is 8.58. The Hall–Kier alpha value is -2.60. The van der Waals surface area contributed by atoms with Gasteiger partial charge in [0.25, 0.3) is 0 Å². The molecule has 25 heavy (non-hydrogen) atoms. The van der Waals surface area contributed by atoms with E-state index in [9.17, 15) is 4.79 Å². The second-order valence-electron chi connectivity index (χ2n) is 6.00. The monoisotopic (exact) mass is 356 g/mol. The number of hydrogen-bond acceptors (Lipinski definition) is 4. The van der Waals surface area contributed by atoms with Gasteiger partial charge in [-0.05, 0) is 24.5 Å². The van der Waals surface area contributed by atoms with Gasteiger partial charge in [0.1, 0.15) is 11.8 Å². The fourth-order valence-corrected chi connectivity index (χ4v) is 3.40.